The predicted molar refractivity (Wildman–Crippen MR) is 105 cm³/mol. The molecule has 1 unspecified atom stereocenters. The number of carbonyl (C=O) groups excluding carboxylic acids is 2. The molecule has 2 rings (SSSR count). The molecule has 0 aliphatic carbocycles. The largest absolute Gasteiger partial charge is 0.303 e. The molecule has 2 heteroatoms. The van der Waals surface area contributed by atoms with Gasteiger partial charge in [0, 0.05) is 17.9 Å². The summed E-state index contributed by atoms with van der Waals surface area (Å²) in [6.07, 6.45) is 8.21. The van der Waals surface area contributed by atoms with Crippen LogP contribution in [0.1, 0.15) is 43.2 Å². The highest BCUT2D eigenvalue weighted by Crippen LogP contribution is 2.18. The molecule has 0 aromatic heterocycles. The van der Waals surface area contributed by atoms with Crippen LogP contribution in [0.15, 0.2) is 79.4 Å². The van der Waals surface area contributed by atoms with Gasteiger partial charge in [-0.25, -0.2) is 0 Å². The van der Waals surface area contributed by atoms with Gasteiger partial charge >= 0.3 is 0 Å². The first kappa shape index (κ1) is 20.3. The number of carbonyl (C=O) groups is 2. The first-order chi connectivity index (χ1) is 12.3. The van der Waals surface area contributed by atoms with Gasteiger partial charge < -0.3 is 4.79 Å². The molecule has 0 amide bonds. The van der Waals surface area contributed by atoms with Crippen LogP contribution in [0.4, 0.5) is 0 Å². The topological polar surface area (TPSA) is 34.1 Å². The normalized spacial score (nSPS) is 11.6. The summed E-state index contributed by atoms with van der Waals surface area (Å²) >= 11 is 0. The lowest BCUT2D eigenvalue weighted by atomic mass is 9.97. The molecule has 0 spiro atoms. The monoisotopic (exact) mass is 334 g/mol. The Bertz CT molecular complexity index is 657. The quantitative estimate of drug-likeness (QED) is 0.357. The van der Waals surface area contributed by atoms with E-state index in [1.54, 1.807) is 0 Å². The second-order valence-electron chi connectivity index (χ2n) is 5.59. The summed E-state index contributed by atoms with van der Waals surface area (Å²) in [7, 11) is 0. The van der Waals surface area contributed by atoms with Crippen LogP contribution in [-0.4, -0.2) is 12.6 Å². The number of hydrogen-bond donors (Lipinski definition) is 0. The Morgan fingerprint density at radius 2 is 1.60 bits per heavy atom. The van der Waals surface area contributed by atoms with Crippen molar-refractivity contribution < 1.29 is 9.59 Å². The molecule has 0 saturated carbocycles. The van der Waals surface area contributed by atoms with E-state index in [9.17, 15) is 9.59 Å². The smallest absolute Gasteiger partial charge is 0.150 e. The number of benzene rings is 2. The Labute approximate surface area is 150 Å². The third-order valence-electron chi connectivity index (χ3n) is 3.75. The molecule has 0 radical (unpaired) electrons. The zero-order chi connectivity index (χ0) is 18.3. The Morgan fingerprint density at radius 3 is 2.08 bits per heavy atom. The maximum Gasteiger partial charge on any atom is 0.150 e. The summed E-state index contributed by atoms with van der Waals surface area (Å²) in [5, 5.41) is 0. The van der Waals surface area contributed by atoms with Gasteiger partial charge in [-0.15, -0.1) is 6.58 Å². The van der Waals surface area contributed by atoms with Crippen LogP contribution in [0.25, 0.3) is 5.57 Å². The van der Waals surface area contributed by atoms with Crippen LogP contribution in [0.3, 0.4) is 0 Å². The molecule has 0 saturated heterocycles. The molecular formula is C23H26O2. The van der Waals surface area contributed by atoms with Gasteiger partial charge in [-0.2, -0.15) is 0 Å². The van der Waals surface area contributed by atoms with Crippen molar-refractivity contribution in [1.29, 1.82) is 0 Å². The number of rotatable bonds is 8. The molecule has 0 aliphatic heterocycles. The molecule has 130 valence electrons. The average Bonchev–Trinajstić information content (AvgIpc) is 2.69. The fourth-order valence-electron chi connectivity index (χ4n) is 2.34. The minimum atomic E-state index is 0.170. The van der Waals surface area contributed by atoms with Gasteiger partial charge in [0.05, 0.1) is 0 Å². The van der Waals surface area contributed by atoms with Crippen LogP contribution in [0.5, 0.6) is 0 Å². The van der Waals surface area contributed by atoms with E-state index in [2.05, 4.69) is 13.5 Å². The zero-order valence-corrected chi connectivity index (χ0v) is 14.8. The van der Waals surface area contributed by atoms with Crippen molar-refractivity contribution >= 4 is 18.1 Å². The van der Waals surface area contributed by atoms with E-state index in [1.807, 2.05) is 72.8 Å². The maximum atomic E-state index is 10.7. The molecule has 2 aromatic rings. The van der Waals surface area contributed by atoms with Gasteiger partial charge in [-0.1, -0.05) is 86.2 Å². The second-order valence-corrected chi connectivity index (χ2v) is 5.59. The van der Waals surface area contributed by atoms with Gasteiger partial charge in [0.1, 0.15) is 12.6 Å². The molecule has 2 nitrogen and oxygen atoms in total. The summed E-state index contributed by atoms with van der Waals surface area (Å²) in [6, 6.07) is 19.7. The highest BCUT2D eigenvalue weighted by molar-refractivity contribution is 6.06. The van der Waals surface area contributed by atoms with Crippen LogP contribution in [-0.2, 0) is 9.59 Å². The first-order valence-electron chi connectivity index (χ1n) is 8.58. The van der Waals surface area contributed by atoms with E-state index in [4.69, 9.17) is 0 Å². The lowest BCUT2D eigenvalue weighted by Gasteiger charge is -2.07. The fourth-order valence-corrected chi connectivity index (χ4v) is 2.34. The Balaban J connectivity index is 0.000000251. The van der Waals surface area contributed by atoms with E-state index in [0.717, 1.165) is 42.1 Å². The molecule has 0 aliphatic rings. The number of aldehydes is 2. The minimum Gasteiger partial charge on any atom is -0.303 e. The number of allylic oxidation sites excluding steroid dienone is 3. The number of hydrogen-bond acceptors (Lipinski definition) is 2. The Morgan fingerprint density at radius 1 is 1.00 bits per heavy atom. The molecule has 0 bridgehead atoms. The van der Waals surface area contributed by atoms with Gasteiger partial charge in [0.2, 0.25) is 0 Å². The van der Waals surface area contributed by atoms with Crippen molar-refractivity contribution in [2.45, 2.75) is 32.1 Å². The van der Waals surface area contributed by atoms with Gasteiger partial charge in [0.15, 0.2) is 0 Å². The Kier molecular flexibility index (Phi) is 10.3. The third-order valence-corrected chi connectivity index (χ3v) is 3.75. The highest BCUT2D eigenvalue weighted by Gasteiger charge is 2.04. The predicted octanol–water partition coefficient (Wildman–Crippen LogP) is 5.61. The summed E-state index contributed by atoms with van der Waals surface area (Å²) in [6.45, 7) is 5.80. The number of unbranched alkanes of at least 4 members (excludes halogenated alkanes) is 1. The molecular weight excluding hydrogens is 308 g/mol. The average molecular weight is 334 g/mol. The molecule has 0 fully saturated rings. The zero-order valence-electron chi connectivity index (χ0n) is 14.8. The van der Waals surface area contributed by atoms with Crippen LogP contribution < -0.4 is 0 Å². The van der Waals surface area contributed by atoms with E-state index >= 15 is 0 Å². The molecule has 0 N–H and O–H groups in total. The van der Waals surface area contributed by atoms with Crippen molar-refractivity contribution in [2.24, 2.45) is 0 Å². The van der Waals surface area contributed by atoms with Gasteiger partial charge in [-0.05, 0) is 17.5 Å². The van der Waals surface area contributed by atoms with Crippen LogP contribution in [0.2, 0.25) is 0 Å². The van der Waals surface area contributed by atoms with Crippen molar-refractivity contribution in [2.75, 3.05) is 0 Å². The Hall–Kier alpha value is -2.74. The minimum absolute atomic E-state index is 0.170. The van der Waals surface area contributed by atoms with Crippen LogP contribution >= 0.6 is 0 Å². The third kappa shape index (κ3) is 7.58. The molecule has 2 aromatic carbocycles. The maximum absolute atomic E-state index is 10.7. The van der Waals surface area contributed by atoms with E-state index in [0.29, 0.717) is 6.42 Å². The lowest BCUT2D eigenvalue weighted by molar-refractivity contribution is -0.108. The van der Waals surface area contributed by atoms with Crippen LogP contribution in [0, 0.1) is 0 Å². The molecule has 0 heterocycles. The van der Waals surface area contributed by atoms with Crippen molar-refractivity contribution in [3.8, 4) is 0 Å². The summed E-state index contributed by atoms with van der Waals surface area (Å²) < 4.78 is 0. The summed E-state index contributed by atoms with van der Waals surface area (Å²) in [5.74, 6) is 0.170. The standard InChI is InChI=1S/C12H14O.C11H12O/c1-2-3-7-12(10-13)11-8-5-4-6-9-11;1-2-10(8-9-12)11-6-4-3-5-7-11/h4-10H,2-3H2,1H3;2-7,9-10H,1,8H2/b12-7-;. The fraction of sp³-hybridized carbons (Fsp3) is 0.217. The van der Waals surface area contributed by atoms with Gasteiger partial charge in [-0.3, -0.25) is 4.79 Å². The molecule has 1 atom stereocenters. The SMILES string of the molecule is C=CC(CC=O)c1ccccc1.CCC/C=C(/C=O)c1ccccc1. The highest BCUT2D eigenvalue weighted by atomic mass is 16.1. The summed E-state index contributed by atoms with van der Waals surface area (Å²) in [4.78, 5) is 21.0. The second kappa shape index (κ2) is 12.7. The summed E-state index contributed by atoms with van der Waals surface area (Å²) in [5.41, 5.74) is 2.95. The van der Waals surface area contributed by atoms with Crippen molar-refractivity contribution in [3.05, 3.63) is 90.5 Å². The van der Waals surface area contributed by atoms with Crippen molar-refractivity contribution in [1.82, 2.24) is 0 Å². The van der Waals surface area contributed by atoms with E-state index in [1.165, 1.54) is 0 Å². The van der Waals surface area contributed by atoms with E-state index in [-0.39, 0.29) is 5.92 Å². The lowest BCUT2D eigenvalue weighted by Crippen LogP contribution is -1.94. The first-order valence-corrected chi connectivity index (χ1v) is 8.58. The van der Waals surface area contributed by atoms with E-state index < -0.39 is 0 Å². The van der Waals surface area contributed by atoms with Gasteiger partial charge in [0.25, 0.3) is 0 Å². The van der Waals surface area contributed by atoms with Crippen molar-refractivity contribution in [3.63, 3.8) is 0 Å². The molecule has 25 heavy (non-hydrogen) atoms.